The quantitative estimate of drug-likeness (QED) is 0.0782. The number of aryl methyl sites for hydroxylation is 1. The third-order valence-electron chi connectivity index (χ3n) is 7.48. The van der Waals surface area contributed by atoms with Gasteiger partial charge in [-0.05, 0) is 85.1 Å². The highest BCUT2D eigenvalue weighted by Crippen LogP contribution is 2.32. The van der Waals surface area contributed by atoms with Crippen LogP contribution in [0.3, 0.4) is 0 Å². The first kappa shape index (κ1) is 36.7. The van der Waals surface area contributed by atoms with Gasteiger partial charge in [-0.25, -0.2) is 9.18 Å². The number of fused-ring (bicyclic) bond motifs is 1. The van der Waals surface area contributed by atoms with Gasteiger partial charge < -0.3 is 27.5 Å². The monoisotopic (exact) mass is 652 g/mol. The molecule has 0 aliphatic carbocycles. The lowest BCUT2D eigenvalue weighted by Gasteiger charge is -2.22. The smallest absolute Gasteiger partial charge is 0.354 e. The fourth-order valence-electron chi connectivity index (χ4n) is 4.81. The highest BCUT2D eigenvalue weighted by Gasteiger charge is 2.21. The van der Waals surface area contributed by atoms with Gasteiger partial charge in [0.05, 0.1) is 10.7 Å². The van der Waals surface area contributed by atoms with Gasteiger partial charge in [0.15, 0.2) is 5.96 Å². The van der Waals surface area contributed by atoms with Crippen LogP contribution in [0.1, 0.15) is 83.2 Å². The molecule has 9 nitrogen and oxygen atoms in total. The van der Waals surface area contributed by atoms with Crippen molar-refractivity contribution in [2.24, 2.45) is 22.2 Å². The number of guanidine groups is 1. The van der Waals surface area contributed by atoms with Crippen molar-refractivity contribution in [2.75, 3.05) is 19.6 Å². The Morgan fingerprint density at radius 2 is 1.70 bits per heavy atom. The lowest BCUT2D eigenvalue weighted by atomic mass is 9.85. The summed E-state index contributed by atoms with van der Waals surface area (Å²) in [6, 6.07) is 13.5. The summed E-state index contributed by atoms with van der Waals surface area (Å²) >= 11 is 6.02. The summed E-state index contributed by atoms with van der Waals surface area (Å²) < 4.78 is 15.3. The second-order valence-electron chi connectivity index (χ2n) is 13.6. The van der Waals surface area contributed by atoms with Crippen LogP contribution in [-0.2, 0) is 23.8 Å². The average Bonchev–Trinajstić information content (AvgIpc) is 3.40. The van der Waals surface area contributed by atoms with Gasteiger partial charge in [-0.2, -0.15) is 4.98 Å². The second kappa shape index (κ2) is 16.2. The van der Waals surface area contributed by atoms with E-state index in [9.17, 15) is 9.18 Å². The first-order chi connectivity index (χ1) is 21.6. The molecule has 11 heteroatoms. The van der Waals surface area contributed by atoms with E-state index in [0.29, 0.717) is 18.7 Å². The maximum Gasteiger partial charge on any atom is 0.354 e. The van der Waals surface area contributed by atoms with E-state index in [-0.39, 0.29) is 33.3 Å². The molecule has 0 saturated carbocycles. The summed E-state index contributed by atoms with van der Waals surface area (Å²) in [6.45, 7) is 15.3. The van der Waals surface area contributed by atoms with Gasteiger partial charge in [0.2, 0.25) is 0 Å². The van der Waals surface area contributed by atoms with Gasteiger partial charge in [0.25, 0.3) is 0 Å². The molecule has 250 valence electrons. The Bertz CT molecular complexity index is 1660. The molecule has 0 fully saturated rings. The van der Waals surface area contributed by atoms with Crippen LogP contribution in [0.15, 0.2) is 58.4 Å². The second-order valence-corrected chi connectivity index (χ2v) is 13.9. The van der Waals surface area contributed by atoms with Crippen LogP contribution in [0.2, 0.25) is 5.02 Å². The number of hydrogen-bond acceptors (Lipinski definition) is 5. The van der Waals surface area contributed by atoms with Gasteiger partial charge in [0.1, 0.15) is 11.5 Å². The number of nitrogens with two attached hydrogens (primary N) is 3. The third-order valence-corrected chi connectivity index (χ3v) is 7.87. The van der Waals surface area contributed by atoms with E-state index in [0.717, 1.165) is 72.2 Å². The van der Waals surface area contributed by atoms with Crippen molar-refractivity contribution in [3.8, 4) is 5.69 Å². The molecular formula is C35H50ClFN8O. The lowest BCUT2D eigenvalue weighted by molar-refractivity contribution is 0.569. The molecule has 0 unspecified atom stereocenters. The van der Waals surface area contributed by atoms with Gasteiger partial charge in [-0.1, -0.05) is 71.3 Å². The van der Waals surface area contributed by atoms with Gasteiger partial charge in [0, 0.05) is 35.8 Å². The molecule has 0 spiro atoms. The van der Waals surface area contributed by atoms with Crippen LogP contribution in [0, 0.1) is 5.82 Å². The number of aromatic amines is 1. The minimum absolute atomic E-state index is 0.0352. The van der Waals surface area contributed by atoms with Crippen molar-refractivity contribution in [1.29, 1.82) is 0 Å². The van der Waals surface area contributed by atoms with Gasteiger partial charge in [-0.3, -0.25) is 9.56 Å². The predicted molar refractivity (Wildman–Crippen MR) is 189 cm³/mol. The Kier molecular flexibility index (Phi) is 12.9. The minimum Gasteiger partial charge on any atom is -0.370 e. The fraction of sp³-hybridized carbons (Fsp3) is 0.457. The van der Waals surface area contributed by atoms with Crippen LogP contribution in [0.5, 0.6) is 0 Å². The summed E-state index contributed by atoms with van der Waals surface area (Å²) in [5.41, 5.74) is 21.1. The van der Waals surface area contributed by atoms with Crippen LogP contribution < -0.4 is 28.2 Å². The SMILES string of the molecule is CC(C)(C)c1cc(CCCCN)cc(F)c1Cl.CC(C)(C)c1cc2cn(-c3ccc(CNCCCN=C(N)N)cc3)c(=O)nc2[nH]1. The molecule has 0 saturated heterocycles. The van der Waals surface area contributed by atoms with E-state index in [2.05, 4.69) is 47.1 Å². The molecule has 2 aromatic carbocycles. The first-order valence-electron chi connectivity index (χ1n) is 15.8. The Morgan fingerprint density at radius 3 is 2.30 bits per heavy atom. The molecule has 0 bridgehead atoms. The van der Waals surface area contributed by atoms with E-state index in [1.165, 1.54) is 6.07 Å². The highest BCUT2D eigenvalue weighted by atomic mass is 35.5. The zero-order valence-electron chi connectivity index (χ0n) is 28.0. The van der Waals surface area contributed by atoms with Crippen LogP contribution in [-0.4, -0.2) is 40.1 Å². The zero-order valence-corrected chi connectivity index (χ0v) is 28.8. The van der Waals surface area contributed by atoms with Crippen molar-refractivity contribution in [3.63, 3.8) is 0 Å². The van der Waals surface area contributed by atoms with E-state index >= 15 is 0 Å². The summed E-state index contributed by atoms with van der Waals surface area (Å²) in [5, 5.41) is 4.52. The number of nitrogens with zero attached hydrogens (tertiary/aromatic N) is 3. The van der Waals surface area contributed by atoms with Crippen LogP contribution in [0.25, 0.3) is 16.7 Å². The number of benzene rings is 2. The molecule has 4 rings (SSSR count). The van der Waals surface area contributed by atoms with Crippen LogP contribution in [0.4, 0.5) is 4.39 Å². The molecule has 2 heterocycles. The molecule has 0 aliphatic rings. The number of aromatic nitrogens is 3. The molecule has 0 amide bonds. The summed E-state index contributed by atoms with van der Waals surface area (Å²) in [4.78, 5) is 23.9. The van der Waals surface area contributed by atoms with E-state index < -0.39 is 0 Å². The summed E-state index contributed by atoms with van der Waals surface area (Å²) in [7, 11) is 0. The summed E-state index contributed by atoms with van der Waals surface area (Å²) in [6.07, 6.45) is 5.52. The molecule has 2 aromatic heterocycles. The number of hydrogen-bond donors (Lipinski definition) is 5. The molecule has 4 aromatic rings. The van der Waals surface area contributed by atoms with Crippen molar-refractivity contribution >= 4 is 28.6 Å². The molecule has 0 radical (unpaired) electrons. The van der Waals surface area contributed by atoms with Crippen molar-refractivity contribution < 1.29 is 4.39 Å². The number of aliphatic imine (C=N–C) groups is 1. The Morgan fingerprint density at radius 1 is 1.00 bits per heavy atom. The maximum atomic E-state index is 13.7. The number of rotatable bonds is 11. The Hall–Kier alpha value is -3.73. The number of H-pyrrole nitrogens is 1. The number of unbranched alkanes of at least 4 members (excludes halogenated alkanes) is 1. The normalized spacial score (nSPS) is 11.8. The first-order valence-corrected chi connectivity index (χ1v) is 16.1. The van der Waals surface area contributed by atoms with E-state index in [4.69, 9.17) is 28.8 Å². The third kappa shape index (κ3) is 10.7. The van der Waals surface area contributed by atoms with E-state index in [1.54, 1.807) is 4.57 Å². The largest absolute Gasteiger partial charge is 0.370 e. The topological polar surface area (TPSA) is 153 Å². The number of nitrogens with one attached hydrogen (secondary N) is 2. The minimum atomic E-state index is -0.318. The molecular weight excluding hydrogens is 603 g/mol. The van der Waals surface area contributed by atoms with Crippen molar-refractivity contribution in [1.82, 2.24) is 19.9 Å². The maximum absolute atomic E-state index is 13.7. The van der Waals surface area contributed by atoms with Crippen molar-refractivity contribution in [3.05, 3.63) is 92.4 Å². The van der Waals surface area contributed by atoms with Crippen LogP contribution >= 0.6 is 11.6 Å². The molecule has 46 heavy (non-hydrogen) atoms. The standard InChI is InChI=1S/C21H29N7O.C14H21ClFN/c1-21(2,3)17-11-15-13-28(20(29)27-18(15)26-17)16-7-5-14(6-8-16)12-24-9-4-10-25-19(22)23;1-14(2,3)11-8-10(6-4-5-7-17)9-12(16)13(11)15/h5-8,11,13,24H,4,9-10,12H2,1-3H3,(H4,22,23,25)(H,26,27,29);8-9H,4-7,17H2,1-3H3. The molecule has 0 aliphatic heterocycles. The zero-order chi connectivity index (χ0) is 34.1. The molecule has 8 N–H and O–H groups in total. The predicted octanol–water partition coefficient (Wildman–Crippen LogP) is 5.82. The lowest BCUT2D eigenvalue weighted by Crippen LogP contribution is -2.23. The fourth-order valence-corrected chi connectivity index (χ4v) is 5.20. The van der Waals surface area contributed by atoms with Crippen molar-refractivity contribution in [2.45, 2.75) is 84.6 Å². The highest BCUT2D eigenvalue weighted by molar-refractivity contribution is 6.31. The average molecular weight is 653 g/mol. The van der Waals surface area contributed by atoms with Gasteiger partial charge >= 0.3 is 5.69 Å². The number of halogens is 2. The van der Waals surface area contributed by atoms with Gasteiger partial charge in [-0.15, -0.1) is 0 Å². The molecule has 0 atom stereocenters. The Labute approximate surface area is 276 Å². The Balaban J connectivity index is 0.000000289. The van der Waals surface area contributed by atoms with E-state index in [1.807, 2.05) is 57.3 Å². The summed E-state index contributed by atoms with van der Waals surface area (Å²) in [5.74, 6) is -0.195.